The molecular formula is C27H29Cl2N7O4S. The zero-order chi connectivity index (χ0) is 29.9. The summed E-state index contributed by atoms with van der Waals surface area (Å²) in [7, 11) is -3.71. The van der Waals surface area contributed by atoms with Crippen LogP contribution < -0.4 is 26.2 Å². The van der Waals surface area contributed by atoms with E-state index in [2.05, 4.69) is 21.5 Å². The molecule has 3 aromatic carbocycles. The SMILES string of the molecule is CC(C)(C)c1cc(NC(=O)Nc2cccc(Cl)c2Cl)n(-c2cc(CNNC(=O)NS(C)(=O)=O)c3ccccc3c2)n1. The first-order valence-electron chi connectivity index (χ1n) is 12.4. The van der Waals surface area contributed by atoms with Gasteiger partial charge in [-0.15, -0.1) is 0 Å². The Bertz CT molecular complexity index is 1730. The van der Waals surface area contributed by atoms with Crippen molar-refractivity contribution < 1.29 is 18.0 Å². The van der Waals surface area contributed by atoms with Crippen molar-refractivity contribution in [1.29, 1.82) is 0 Å². The fourth-order valence-corrected chi connectivity index (χ4v) is 4.69. The topological polar surface area (TPSA) is 146 Å². The van der Waals surface area contributed by atoms with Crippen LogP contribution in [-0.2, 0) is 22.0 Å². The Kier molecular flexibility index (Phi) is 8.78. The summed E-state index contributed by atoms with van der Waals surface area (Å²) in [5.74, 6) is 0.408. The maximum atomic E-state index is 13.0. The number of fused-ring (bicyclic) bond motifs is 1. The second kappa shape index (κ2) is 12.0. The second-order valence-corrected chi connectivity index (χ2v) is 12.8. The van der Waals surface area contributed by atoms with Crippen molar-refractivity contribution in [3.63, 3.8) is 0 Å². The Morgan fingerprint density at radius 3 is 2.39 bits per heavy atom. The van der Waals surface area contributed by atoms with Crippen LogP contribution in [0.5, 0.6) is 0 Å². The number of sulfonamides is 1. The maximum Gasteiger partial charge on any atom is 0.342 e. The van der Waals surface area contributed by atoms with Crippen LogP contribution in [-0.4, -0.2) is 36.5 Å². The number of hydrazine groups is 1. The van der Waals surface area contributed by atoms with Gasteiger partial charge in [0, 0.05) is 18.0 Å². The summed E-state index contributed by atoms with van der Waals surface area (Å²) in [6.07, 6.45) is 0.884. The van der Waals surface area contributed by atoms with Crippen LogP contribution >= 0.6 is 23.2 Å². The van der Waals surface area contributed by atoms with E-state index in [1.54, 1.807) is 28.9 Å². The van der Waals surface area contributed by atoms with Crippen LogP contribution in [0.4, 0.5) is 21.1 Å². The number of benzene rings is 3. The quantitative estimate of drug-likeness (QED) is 0.172. The molecule has 0 bridgehead atoms. The van der Waals surface area contributed by atoms with Crippen LogP contribution in [0.2, 0.25) is 10.0 Å². The second-order valence-electron chi connectivity index (χ2n) is 10.3. The van der Waals surface area contributed by atoms with E-state index >= 15 is 0 Å². The molecule has 0 saturated heterocycles. The predicted molar refractivity (Wildman–Crippen MR) is 162 cm³/mol. The monoisotopic (exact) mass is 617 g/mol. The van der Waals surface area contributed by atoms with Crippen LogP contribution in [0.25, 0.3) is 16.5 Å². The lowest BCUT2D eigenvalue weighted by Gasteiger charge is -2.15. The molecule has 5 N–H and O–H groups in total. The number of anilines is 2. The zero-order valence-corrected chi connectivity index (χ0v) is 25.0. The number of nitrogens with one attached hydrogen (secondary N) is 5. The zero-order valence-electron chi connectivity index (χ0n) is 22.7. The van der Waals surface area contributed by atoms with E-state index in [1.807, 2.05) is 61.9 Å². The van der Waals surface area contributed by atoms with Crippen molar-refractivity contribution in [2.24, 2.45) is 0 Å². The first-order valence-corrected chi connectivity index (χ1v) is 15.0. The molecule has 0 radical (unpaired) electrons. The number of carbonyl (C=O) groups excluding carboxylic acids is 2. The number of urea groups is 2. The minimum Gasteiger partial charge on any atom is -0.306 e. The molecule has 4 aromatic rings. The number of rotatable bonds is 7. The number of hydrogen-bond acceptors (Lipinski definition) is 6. The fraction of sp³-hybridized carbons (Fsp3) is 0.222. The highest BCUT2D eigenvalue weighted by molar-refractivity contribution is 7.89. The first-order chi connectivity index (χ1) is 19.2. The minimum atomic E-state index is -3.71. The lowest BCUT2D eigenvalue weighted by atomic mass is 9.92. The van der Waals surface area contributed by atoms with Crippen molar-refractivity contribution in [1.82, 2.24) is 25.4 Å². The van der Waals surface area contributed by atoms with Gasteiger partial charge < -0.3 is 5.32 Å². The number of carbonyl (C=O) groups is 2. The van der Waals surface area contributed by atoms with Crippen LogP contribution in [0.15, 0.2) is 60.7 Å². The molecule has 11 nitrogen and oxygen atoms in total. The number of hydrogen-bond donors (Lipinski definition) is 5. The third kappa shape index (κ3) is 7.67. The molecule has 0 fully saturated rings. The number of amides is 4. The lowest BCUT2D eigenvalue weighted by molar-refractivity contribution is 0.241. The summed E-state index contributed by atoms with van der Waals surface area (Å²) in [6.45, 7) is 6.20. The van der Waals surface area contributed by atoms with Gasteiger partial charge in [-0.3, -0.25) is 10.7 Å². The molecule has 0 aliphatic carbocycles. The summed E-state index contributed by atoms with van der Waals surface area (Å²) >= 11 is 12.3. The van der Waals surface area contributed by atoms with Gasteiger partial charge >= 0.3 is 12.1 Å². The van der Waals surface area contributed by atoms with Gasteiger partial charge in [-0.1, -0.05) is 74.3 Å². The van der Waals surface area contributed by atoms with Gasteiger partial charge in [0.2, 0.25) is 10.0 Å². The third-order valence-electron chi connectivity index (χ3n) is 5.85. The van der Waals surface area contributed by atoms with E-state index in [4.69, 9.17) is 28.3 Å². The van der Waals surface area contributed by atoms with E-state index in [0.717, 1.165) is 28.3 Å². The fourth-order valence-electron chi connectivity index (χ4n) is 3.96. The summed E-state index contributed by atoms with van der Waals surface area (Å²) in [5.41, 5.74) is 7.26. The molecule has 0 saturated carbocycles. The highest BCUT2D eigenvalue weighted by Gasteiger charge is 2.22. The molecule has 0 spiro atoms. The van der Waals surface area contributed by atoms with Crippen molar-refractivity contribution in [3.8, 4) is 5.69 Å². The number of aromatic nitrogens is 2. The van der Waals surface area contributed by atoms with Crippen molar-refractivity contribution in [3.05, 3.63) is 82.0 Å². The summed E-state index contributed by atoms with van der Waals surface area (Å²) in [4.78, 5) is 24.9. The van der Waals surface area contributed by atoms with Gasteiger partial charge in [0.05, 0.1) is 33.4 Å². The summed E-state index contributed by atoms with van der Waals surface area (Å²) < 4.78 is 26.1. The standard InChI is InChI=1S/C27H29Cl2N7O4S/c1-27(2,3)22-14-23(32-25(37)31-21-11-7-10-20(28)24(21)29)36(34-22)18-12-16-8-5-6-9-19(16)17(13-18)15-30-33-26(38)35-41(4,39)40/h5-14,30H,15H2,1-4H3,(H2,31,32,37)(H2,33,35,38). The molecule has 41 heavy (non-hydrogen) atoms. The van der Waals surface area contributed by atoms with Gasteiger partial charge in [0.15, 0.2) is 0 Å². The van der Waals surface area contributed by atoms with E-state index in [0.29, 0.717) is 22.2 Å². The van der Waals surface area contributed by atoms with Crippen molar-refractivity contribution >= 4 is 67.6 Å². The Morgan fingerprint density at radius 1 is 0.951 bits per heavy atom. The molecular weight excluding hydrogens is 589 g/mol. The molecule has 4 rings (SSSR count). The third-order valence-corrected chi connectivity index (χ3v) is 7.23. The Morgan fingerprint density at radius 2 is 1.68 bits per heavy atom. The van der Waals surface area contributed by atoms with Crippen LogP contribution in [0.3, 0.4) is 0 Å². The van der Waals surface area contributed by atoms with E-state index in [9.17, 15) is 18.0 Å². The van der Waals surface area contributed by atoms with Gasteiger partial charge in [0.1, 0.15) is 5.82 Å². The molecule has 0 unspecified atom stereocenters. The minimum absolute atomic E-state index is 0.162. The molecule has 216 valence electrons. The average Bonchev–Trinajstić information content (AvgIpc) is 3.30. The Balaban J connectivity index is 1.68. The average molecular weight is 619 g/mol. The van der Waals surface area contributed by atoms with Gasteiger partial charge in [-0.2, -0.15) is 5.10 Å². The van der Waals surface area contributed by atoms with Gasteiger partial charge in [-0.25, -0.2) is 32.8 Å². The van der Waals surface area contributed by atoms with E-state index < -0.39 is 22.1 Å². The first kappa shape index (κ1) is 30.1. The number of halogens is 2. The molecule has 0 atom stereocenters. The predicted octanol–water partition coefficient (Wildman–Crippen LogP) is 5.54. The largest absolute Gasteiger partial charge is 0.342 e. The molecule has 14 heteroatoms. The lowest BCUT2D eigenvalue weighted by Crippen LogP contribution is -2.45. The van der Waals surface area contributed by atoms with Crippen LogP contribution in [0.1, 0.15) is 32.0 Å². The molecule has 0 aliphatic rings. The highest BCUT2D eigenvalue weighted by Crippen LogP contribution is 2.31. The van der Waals surface area contributed by atoms with E-state index in [1.165, 1.54) is 0 Å². The summed E-state index contributed by atoms with van der Waals surface area (Å²) in [6, 6.07) is 16.7. The van der Waals surface area contributed by atoms with Crippen LogP contribution in [0, 0.1) is 0 Å². The molecule has 4 amide bonds. The van der Waals surface area contributed by atoms with E-state index in [-0.39, 0.29) is 17.0 Å². The molecule has 0 aliphatic heterocycles. The highest BCUT2D eigenvalue weighted by atomic mass is 35.5. The number of nitrogens with zero attached hydrogens (tertiary/aromatic N) is 2. The maximum absolute atomic E-state index is 13.0. The molecule has 1 aromatic heterocycles. The summed E-state index contributed by atoms with van der Waals surface area (Å²) in [5, 5.41) is 12.7. The van der Waals surface area contributed by atoms with Crippen molar-refractivity contribution in [2.75, 3.05) is 16.9 Å². The Hall–Kier alpha value is -3.84. The van der Waals surface area contributed by atoms with Crippen molar-refractivity contribution in [2.45, 2.75) is 32.7 Å². The van der Waals surface area contributed by atoms with Gasteiger partial charge in [0.25, 0.3) is 0 Å². The molecule has 1 heterocycles. The Labute approximate surface area is 247 Å². The van der Waals surface area contributed by atoms with Gasteiger partial charge in [-0.05, 0) is 40.6 Å². The smallest absolute Gasteiger partial charge is 0.306 e. The normalized spacial score (nSPS) is 11.8.